The first-order chi connectivity index (χ1) is 6.67. The number of carbonyl (C=O) groups is 1. The lowest BCUT2D eigenvalue weighted by atomic mass is 10.1. The van der Waals surface area contributed by atoms with E-state index in [2.05, 4.69) is 0 Å². The number of carbonyl (C=O) groups excluding carboxylic acids is 1. The van der Waals surface area contributed by atoms with Crippen molar-refractivity contribution in [2.24, 2.45) is 0 Å². The Kier molecular flexibility index (Phi) is 3.84. The van der Waals surface area contributed by atoms with E-state index < -0.39 is 5.82 Å². The summed E-state index contributed by atoms with van der Waals surface area (Å²) in [5.41, 5.74) is 1.28. The maximum Gasteiger partial charge on any atom is 0.146 e. The summed E-state index contributed by atoms with van der Waals surface area (Å²) >= 11 is 5.52. The second kappa shape index (κ2) is 4.91. The number of halogens is 2. The van der Waals surface area contributed by atoms with Gasteiger partial charge in [-0.05, 0) is 35.8 Å². The Morgan fingerprint density at radius 1 is 1.57 bits per heavy atom. The van der Waals surface area contributed by atoms with Gasteiger partial charge < -0.3 is 0 Å². The summed E-state index contributed by atoms with van der Waals surface area (Å²) in [6, 6.07) is 4.45. The Morgan fingerprint density at radius 2 is 2.29 bits per heavy atom. The molecule has 1 rings (SSSR count). The molecule has 0 unspecified atom stereocenters. The molecule has 14 heavy (non-hydrogen) atoms. The molecule has 0 N–H and O–H groups in total. The minimum absolute atomic E-state index is 0.0892. The van der Waals surface area contributed by atoms with E-state index in [1.807, 2.05) is 6.92 Å². The molecule has 0 aliphatic rings. The summed E-state index contributed by atoms with van der Waals surface area (Å²) in [6.45, 7) is 1.87. The summed E-state index contributed by atoms with van der Waals surface area (Å²) in [5, 5.41) is 0.0892. The molecule has 1 nitrogen and oxygen atoms in total. The third-order valence-corrected chi connectivity index (χ3v) is 2.16. The van der Waals surface area contributed by atoms with Crippen molar-refractivity contribution in [2.45, 2.75) is 13.3 Å². The van der Waals surface area contributed by atoms with Gasteiger partial charge in [0.2, 0.25) is 0 Å². The van der Waals surface area contributed by atoms with Crippen molar-refractivity contribution in [1.82, 2.24) is 0 Å². The van der Waals surface area contributed by atoms with Crippen molar-refractivity contribution in [3.05, 3.63) is 40.2 Å². The van der Waals surface area contributed by atoms with Gasteiger partial charge in [-0.15, -0.1) is 0 Å². The molecular weight excluding hydrogens is 203 g/mol. The standard InChI is InChI=1S/C11H10ClFO/c1-2-8(7-14)5-9-3-4-10(12)11(13)6-9/h3-7H,2H2,1H3. The Bertz CT molecular complexity index is 372. The lowest BCUT2D eigenvalue weighted by Crippen LogP contribution is -1.84. The van der Waals surface area contributed by atoms with Gasteiger partial charge in [-0.1, -0.05) is 24.6 Å². The maximum atomic E-state index is 13.0. The van der Waals surface area contributed by atoms with Gasteiger partial charge in [-0.2, -0.15) is 0 Å². The van der Waals surface area contributed by atoms with Crippen molar-refractivity contribution >= 4 is 24.0 Å². The summed E-state index contributed by atoms with van der Waals surface area (Å²) in [5.74, 6) is -0.471. The maximum absolute atomic E-state index is 13.0. The van der Waals surface area contributed by atoms with Crippen LogP contribution >= 0.6 is 11.6 Å². The molecule has 0 heterocycles. The lowest BCUT2D eigenvalue weighted by Gasteiger charge is -1.98. The quantitative estimate of drug-likeness (QED) is 0.554. The second-order valence-electron chi connectivity index (χ2n) is 2.86. The Hall–Kier alpha value is -1.15. The predicted molar refractivity (Wildman–Crippen MR) is 55.7 cm³/mol. The first-order valence-corrected chi connectivity index (χ1v) is 4.66. The fourth-order valence-electron chi connectivity index (χ4n) is 1.04. The highest BCUT2D eigenvalue weighted by Crippen LogP contribution is 2.17. The van der Waals surface area contributed by atoms with Crippen molar-refractivity contribution in [3.63, 3.8) is 0 Å². The summed E-state index contributed by atoms with van der Waals surface area (Å²) in [6.07, 6.45) is 3.05. The van der Waals surface area contributed by atoms with E-state index in [1.165, 1.54) is 12.1 Å². The van der Waals surface area contributed by atoms with Crippen LogP contribution in [0.15, 0.2) is 23.8 Å². The highest BCUT2D eigenvalue weighted by Gasteiger charge is 1.99. The molecule has 1 aromatic carbocycles. The summed E-state index contributed by atoms with van der Waals surface area (Å²) < 4.78 is 13.0. The van der Waals surface area contributed by atoms with Gasteiger partial charge in [0.1, 0.15) is 12.1 Å². The van der Waals surface area contributed by atoms with Crippen LogP contribution in [0.1, 0.15) is 18.9 Å². The first-order valence-electron chi connectivity index (χ1n) is 4.28. The Morgan fingerprint density at radius 3 is 2.79 bits per heavy atom. The predicted octanol–water partition coefficient (Wildman–Crippen LogP) is 3.47. The highest BCUT2D eigenvalue weighted by molar-refractivity contribution is 6.30. The third-order valence-electron chi connectivity index (χ3n) is 1.86. The number of rotatable bonds is 3. The van der Waals surface area contributed by atoms with E-state index in [0.29, 0.717) is 17.6 Å². The molecule has 0 aromatic heterocycles. The van der Waals surface area contributed by atoms with Crippen molar-refractivity contribution in [2.75, 3.05) is 0 Å². The van der Waals surface area contributed by atoms with Crippen LogP contribution in [-0.4, -0.2) is 6.29 Å². The van der Waals surface area contributed by atoms with Crippen LogP contribution in [0.5, 0.6) is 0 Å². The summed E-state index contributed by atoms with van der Waals surface area (Å²) in [7, 11) is 0. The van der Waals surface area contributed by atoms with E-state index in [4.69, 9.17) is 11.6 Å². The molecule has 0 aliphatic carbocycles. The molecule has 1 aromatic rings. The molecule has 0 bridgehead atoms. The smallest absolute Gasteiger partial charge is 0.146 e. The van der Waals surface area contributed by atoms with Gasteiger partial charge in [0.25, 0.3) is 0 Å². The third kappa shape index (κ3) is 2.67. The molecule has 0 aliphatic heterocycles. The van der Waals surface area contributed by atoms with Crippen LogP contribution in [0, 0.1) is 5.82 Å². The topological polar surface area (TPSA) is 17.1 Å². The van der Waals surface area contributed by atoms with Gasteiger partial charge in [-0.3, -0.25) is 4.79 Å². The van der Waals surface area contributed by atoms with Crippen molar-refractivity contribution in [1.29, 1.82) is 0 Å². The fourth-order valence-corrected chi connectivity index (χ4v) is 1.15. The lowest BCUT2D eigenvalue weighted by molar-refractivity contribution is -0.104. The average Bonchev–Trinajstić information content (AvgIpc) is 2.19. The Labute approximate surface area is 87.2 Å². The average molecular weight is 213 g/mol. The van der Waals surface area contributed by atoms with Crippen LogP contribution in [0.4, 0.5) is 4.39 Å². The molecule has 0 spiro atoms. The number of allylic oxidation sites excluding steroid dienone is 1. The molecule has 0 atom stereocenters. The van der Waals surface area contributed by atoms with Gasteiger partial charge in [-0.25, -0.2) is 4.39 Å². The molecular formula is C11H10ClFO. The van der Waals surface area contributed by atoms with E-state index in [-0.39, 0.29) is 5.02 Å². The number of hydrogen-bond acceptors (Lipinski definition) is 1. The first kappa shape index (κ1) is 10.9. The highest BCUT2D eigenvalue weighted by atomic mass is 35.5. The molecule has 0 fully saturated rings. The number of hydrogen-bond donors (Lipinski definition) is 0. The summed E-state index contributed by atoms with van der Waals surface area (Å²) in [4.78, 5) is 10.5. The van der Waals surface area contributed by atoms with Gasteiger partial charge in [0.05, 0.1) is 5.02 Å². The Balaban J connectivity index is 3.03. The van der Waals surface area contributed by atoms with Crippen LogP contribution in [0.25, 0.3) is 6.08 Å². The van der Waals surface area contributed by atoms with Crippen LogP contribution < -0.4 is 0 Å². The van der Waals surface area contributed by atoms with E-state index in [0.717, 1.165) is 6.29 Å². The van der Waals surface area contributed by atoms with E-state index in [9.17, 15) is 9.18 Å². The molecule has 0 saturated heterocycles. The molecule has 0 radical (unpaired) electrons. The van der Waals surface area contributed by atoms with Gasteiger partial charge in [0, 0.05) is 0 Å². The minimum Gasteiger partial charge on any atom is -0.298 e. The molecule has 0 amide bonds. The normalized spacial score (nSPS) is 11.5. The molecule has 3 heteroatoms. The van der Waals surface area contributed by atoms with Crippen molar-refractivity contribution < 1.29 is 9.18 Å². The molecule has 74 valence electrons. The molecule has 0 saturated carbocycles. The zero-order chi connectivity index (χ0) is 10.6. The van der Waals surface area contributed by atoms with Crippen LogP contribution in [0.3, 0.4) is 0 Å². The van der Waals surface area contributed by atoms with Crippen LogP contribution in [-0.2, 0) is 4.79 Å². The number of aldehydes is 1. The van der Waals surface area contributed by atoms with Gasteiger partial charge in [0.15, 0.2) is 0 Å². The van der Waals surface area contributed by atoms with Crippen molar-refractivity contribution in [3.8, 4) is 0 Å². The fraction of sp³-hybridized carbons (Fsp3) is 0.182. The number of benzene rings is 1. The monoisotopic (exact) mass is 212 g/mol. The zero-order valence-corrected chi connectivity index (χ0v) is 8.51. The second-order valence-corrected chi connectivity index (χ2v) is 3.27. The van der Waals surface area contributed by atoms with E-state index in [1.54, 1.807) is 12.1 Å². The van der Waals surface area contributed by atoms with E-state index >= 15 is 0 Å². The zero-order valence-electron chi connectivity index (χ0n) is 7.76. The van der Waals surface area contributed by atoms with Crippen LogP contribution in [0.2, 0.25) is 5.02 Å². The largest absolute Gasteiger partial charge is 0.298 e. The minimum atomic E-state index is -0.471. The van der Waals surface area contributed by atoms with Gasteiger partial charge >= 0.3 is 0 Å². The SMILES string of the molecule is CCC(C=O)=Cc1ccc(Cl)c(F)c1.